The summed E-state index contributed by atoms with van der Waals surface area (Å²) in [5, 5.41) is 3.03. The number of anilines is 1. The van der Waals surface area contributed by atoms with Crippen LogP contribution in [0.5, 0.6) is 0 Å². The van der Waals surface area contributed by atoms with Crippen LogP contribution in [0.3, 0.4) is 0 Å². The standard InChI is InChI=1S/C23H18FN3O3/c24-18-8-4-7-17(11-18)13-27-15-25-21-12-19(9-10-20(21)22(27)28)26-23(29)30-14-16-5-2-1-3-6-16/h1-12,15H,13-14H2,(H,26,29). The number of amides is 1. The van der Waals surface area contributed by atoms with E-state index in [0.717, 1.165) is 5.56 Å². The highest BCUT2D eigenvalue weighted by Crippen LogP contribution is 2.15. The molecular formula is C23H18FN3O3. The second-order valence-corrected chi connectivity index (χ2v) is 6.73. The summed E-state index contributed by atoms with van der Waals surface area (Å²) < 4.78 is 20.0. The number of carbonyl (C=O) groups excluding carboxylic acids is 1. The highest BCUT2D eigenvalue weighted by atomic mass is 19.1. The average molecular weight is 403 g/mol. The van der Waals surface area contributed by atoms with E-state index in [0.29, 0.717) is 22.2 Å². The summed E-state index contributed by atoms with van der Waals surface area (Å²) in [4.78, 5) is 29.1. The highest BCUT2D eigenvalue weighted by molar-refractivity contribution is 5.89. The molecule has 1 aromatic heterocycles. The van der Waals surface area contributed by atoms with E-state index in [1.165, 1.54) is 23.0 Å². The summed E-state index contributed by atoms with van der Waals surface area (Å²) in [5.41, 5.74) is 2.21. The predicted octanol–water partition coefficient (Wildman–Crippen LogP) is 4.33. The lowest BCUT2D eigenvalue weighted by Gasteiger charge is -2.09. The Morgan fingerprint density at radius 3 is 2.60 bits per heavy atom. The fourth-order valence-corrected chi connectivity index (χ4v) is 3.06. The second kappa shape index (κ2) is 8.57. The topological polar surface area (TPSA) is 73.2 Å². The smallest absolute Gasteiger partial charge is 0.411 e. The van der Waals surface area contributed by atoms with Crippen LogP contribution in [0.2, 0.25) is 0 Å². The molecule has 6 nitrogen and oxygen atoms in total. The molecule has 1 N–H and O–H groups in total. The molecule has 0 unspecified atom stereocenters. The zero-order valence-corrected chi connectivity index (χ0v) is 15.9. The molecule has 0 fully saturated rings. The van der Waals surface area contributed by atoms with Gasteiger partial charge in [-0.3, -0.25) is 14.7 Å². The van der Waals surface area contributed by atoms with Crippen molar-refractivity contribution in [2.75, 3.05) is 5.32 Å². The molecule has 1 heterocycles. The number of hydrogen-bond acceptors (Lipinski definition) is 4. The summed E-state index contributed by atoms with van der Waals surface area (Å²) in [7, 11) is 0. The molecule has 4 rings (SSSR count). The van der Waals surface area contributed by atoms with Crippen molar-refractivity contribution < 1.29 is 13.9 Å². The number of aromatic nitrogens is 2. The number of nitrogens with zero attached hydrogens (tertiary/aromatic N) is 2. The lowest BCUT2D eigenvalue weighted by atomic mass is 10.2. The predicted molar refractivity (Wildman–Crippen MR) is 112 cm³/mol. The first kappa shape index (κ1) is 19.3. The molecule has 1 amide bonds. The van der Waals surface area contributed by atoms with Gasteiger partial charge in [0, 0.05) is 5.69 Å². The molecule has 0 aliphatic rings. The first-order chi connectivity index (χ1) is 14.6. The summed E-state index contributed by atoms with van der Waals surface area (Å²) in [6.45, 7) is 0.370. The Morgan fingerprint density at radius 1 is 1.00 bits per heavy atom. The number of benzene rings is 3. The van der Waals surface area contributed by atoms with E-state index < -0.39 is 6.09 Å². The molecule has 4 aromatic rings. The normalized spacial score (nSPS) is 10.7. The summed E-state index contributed by atoms with van der Waals surface area (Å²) >= 11 is 0. The molecule has 0 saturated carbocycles. The maximum absolute atomic E-state index is 13.4. The highest BCUT2D eigenvalue weighted by Gasteiger charge is 2.09. The van der Waals surface area contributed by atoms with Gasteiger partial charge in [0.25, 0.3) is 5.56 Å². The molecule has 3 aromatic carbocycles. The van der Waals surface area contributed by atoms with E-state index in [9.17, 15) is 14.0 Å². The number of carbonyl (C=O) groups is 1. The Hall–Kier alpha value is -4.00. The summed E-state index contributed by atoms with van der Waals surface area (Å²) in [6, 6.07) is 20.2. The van der Waals surface area contributed by atoms with Crippen molar-refractivity contribution in [3.05, 3.63) is 106 Å². The van der Waals surface area contributed by atoms with Gasteiger partial charge in [-0.1, -0.05) is 42.5 Å². The van der Waals surface area contributed by atoms with Crippen molar-refractivity contribution in [2.45, 2.75) is 13.2 Å². The molecule has 30 heavy (non-hydrogen) atoms. The fraction of sp³-hybridized carbons (Fsp3) is 0.0870. The first-order valence-corrected chi connectivity index (χ1v) is 9.30. The Balaban J connectivity index is 1.48. The van der Waals surface area contributed by atoms with E-state index in [-0.39, 0.29) is 24.5 Å². The third kappa shape index (κ3) is 4.52. The molecule has 0 saturated heterocycles. The molecule has 7 heteroatoms. The van der Waals surface area contributed by atoms with Crippen molar-refractivity contribution in [1.29, 1.82) is 0 Å². The van der Waals surface area contributed by atoms with E-state index in [2.05, 4.69) is 10.3 Å². The van der Waals surface area contributed by atoms with Gasteiger partial charge < -0.3 is 4.74 Å². The maximum Gasteiger partial charge on any atom is 0.411 e. The van der Waals surface area contributed by atoms with Crippen molar-refractivity contribution in [1.82, 2.24) is 9.55 Å². The van der Waals surface area contributed by atoms with Gasteiger partial charge in [-0.15, -0.1) is 0 Å². The summed E-state index contributed by atoms with van der Waals surface area (Å²) in [6.07, 6.45) is 0.810. The molecule has 0 aliphatic heterocycles. The molecule has 0 bridgehead atoms. The Morgan fingerprint density at radius 2 is 1.80 bits per heavy atom. The number of ether oxygens (including phenoxy) is 1. The SMILES string of the molecule is O=C(Nc1ccc2c(=O)n(Cc3cccc(F)c3)cnc2c1)OCc1ccccc1. The minimum Gasteiger partial charge on any atom is -0.444 e. The molecular weight excluding hydrogens is 385 g/mol. The molecule has 0 radical (unpaired) electrons. The molecule has 0 atom stereocenters. The fourth-order valence-electron chi connectivity index (χ4n) is 3.06. The number of nitrogens with one attached hydrogen (secondary N) is 1. The van der Waals surface area contributed by atoms with Gasteiger partial charge in [0.05, 0.1) is 23.8 Å². The largest absolute Gasteiger partial charge is 0.444 e. The van der Waals surface area contributed by atoms with E-state index >= 15 is 0 Å². The van der Waals surface area contributed by atoms with E-state index in [1.807, 2.05) is 30.3 Å². The van der Waals surface area contributed by atoms with Crippen LogP contribution in [0.4, 0.5) is 14.9 Å². The minimum absolute atomic E-state index is 0.156. The van der Waals surface area contributed by atoms with Gasteiger partial charge >= 0.3 is 6.09 Å². The zero-order valence-electron chi connectivity index (χ0n) is 15.9. The monoisotopic (exact) mass is 403 g/mol. The number of hydrogen-bond donors (Lipinski definition) is 1. The van der Waals surface area contributed by atoms with Crippen molar-refractivity contribution in [3.63, 3.8) is 0 Å². The van der Waals surface area contributed by atoms with Gasteiger partial charge in [0.15, 0.2) is 0 Å². The molecule has 0 spiro atoms. The first-order valence-electron chi connectivity index (χ1n) is 9.30. The van der Waals surface area contributed by atoms with Crippen molar-refractivity contribution in [3.8, 4) is 0 Å². The van der Waals surface area contributed by atoms with Gasteiger partial charge in [-0.2, -0.15) is 0 Å². The van der Waals surface area contributed by atoms with Gasteiger partial charge in [0.1, 0.15) is 12.4 Å². The minimum atomic E-state index is -0.599. The van der Waals surface area contributed by atoms with Gasteiger partial charge in [-0.25, -0.2) is 14.2 Å². The van der Waals surface area contributed by atoms with Crippen LogP contribution in [0, 0.1) is 5.82 Å². The van der Waals surface area contributed by atoms with Crippen LogP contribution in [0.1, 0.15) is 11.1 Å². The van der Waals surface area contributed by atoms with Gasteiger partial charge in [0.2, 0.25) is 0 Å². The number of rotatable bonds is 5. The third-order valence-corrected chi connectivity index (χ3v) is 4.53. The zero-order chi connectivity index (χ0) is 20.9. The van der Waals surface area contributed by atoms with Crippen molar-refractivity contribution >= 4 is 22.7 Å². The third-order valence-electron chi connectivity index (χ3n) is 4.53. The van der Waals surface area contributed by atoms with Crippen LogP contribution in [-0.2, 0) is 17.9 Å². The Labute approximate surface area is 171 Å². The average Bonchev–Trinajstić information content (AvgIpc) is 2.75. The summed E-state index contributed by atoms with van der Waals surface area (Å²) in [5.74, 6) is -0.357. The van der Waals surface area contributed by atoms with Crippen LogP contribution >= 0.6 is 0 Å². The maximum atomic E-state index is 13.4. The van der Waals surface area contributed by atoms with E-state index in [1.54, 1.807) is 30.3 Å². The Kier molecular flexibility index (Phi) is 5.52. The lowest BCUT2D eigenvalue weighted by molar-refractivity contribution is 0.155. The second-order valence-electron chi connectivity index (χ2n) is 6.73. The number of fused-ring (bicyclic) bond motifs is 1. The van der Waals surface area contributed by atoms with Crippen LogP contribution in [-0.4, -0.2) is 15.6 Å². The van der Waals surface area contributed by atoms with Crippen LogP contribution < -0.4 is 10.9 Å². The molecule has 150 valence electrons. The van der Waals surface area contributed by atoms with Crippen LogP contribution in [0.25, 0.3) is 10.9 Å². The quantitative estimate of drug-likeness (QED) is 0.538. The number of halogens is 1. The Bertz CT molecular complexity index is 1260. The van der Waals surface area contributed by atoms with Crippen LogP contribution in [0.15, 0.2) is 83.9 Å². The van der Waals surface area contributed by atoms with Gasteiger partial charge in [-0.05, 0) is 41.5 Å². The van der Waals surface area contributed by atoms with E-state index in [4.69, 9.17) is 4.74 Å². The lowest BCUT2D eigenvalue weighted by Crippen LogP contribution is -2.21. The molecule has 0 aliphatic carbocycles. The van der Waals surface area contributed by atoms with Crippen molar-refractivity contribution in [2.24, 2.45) is 0 Å².